The Balaban J connectivity index is 2.84. The Hall–Kier alpha value is -1.52. The summed E-state index contributed by atoms with van der Waals surface area (Å²) in [4.78, 5) is 3.83. The predicted octanol–water partition coefficient (Wildman–Crippen LogP) is 0.887. The summed E-state index contributed by atoms with van der Waals surface area (Å²) in [6.45, 7) is 5.78. The number of nitrogens with one attached hydrogen (secondary N) is 1. The third-order valence-corrected chi connectivity index (χ3v) is 2.13. The lowest BCUT2D eigenvalue weighted by Gasteiger charge is -2.13. The Labute approximate surface area is 83.4 Å². The number of hydrogen-bond acceptors (Lipinski definition) is 3. The molecule has 0 saturated heterocycles. The maximum atomic E-state index is 5.57. The molecule has 1 heterocycles. The van der Waals surface area contributed by atoms with Gasteiger partial charge in [0.25, 0.3) is 0 Å². The number of hydrogen-bond donors (Lipinski definition) is 2. The highest BCUT2D eigenvalue weighted by Crippen LogP contribution is 2.20. The second kappa shape index (κ2) is 4.13. The van der Waals surface area contributed by atoms with Gasteiger partial charge in [-0.3, -0.25) is 4.99 Å². The highest BCUT2D eigenvalue weighted by Gasteiger charge is 2.16. The molecule has 78 valence electrons. The Morgan fingerprint density at radius 2 is 2.21 bits per heavy atom. The molecule has 1 aromatic rings. The fourth-order valence-electron chi connectivity index (χ4n) is 1.47. The van der Waals surface area contributed by atoms with E-state index in [2.05, 4.69) is 15.5 Å². The van der Waals surface area contributed by atoms with Crippen molar-refractivity contribution in [3.63, 3.8) is 0 Å². The van der Waals surface area contributed by atoms with Crippen molar-refractivity contribution in [2.24, 2.45) is 10.7 Å². The molecule has 0 aromatic carbocycles. The van der Waals surface area contributed by atoms with Crippen LogP contribution in [-0.4, -0.2) is 18.2 Å². The van der Waals surface area contributed by atoms with Crippen LogP contribution >= 0.6 is 0 Å². The number of rotatable bonds is 2. The monoisotopic (exact) mass is 196 g/mol. The molecular weight excluding hydrogens is 180 g/mol. The van der Waals surface area contributed by atoms with Gasteiger partial charge in [0, 0.05) is 12.6 Å². The van der Waals surface area contributed by atoms with Crippen LogP contribution in [0.3, 0.4) is 0 Å². The normalized spacial score (nSPS) is 14.1. The summed E-state index contributed by atoms with van der Waals surface area (Å²) in [6, 6.07) is 0.0601. The minimum atomic E-state index is 0.0601. The van der Waals surface area contributed by atoms with E-state index in [0.717, 1.165) is 17.0 Å². The van der Waals surface area contributed by atoms with E-state index in [0.29, 0.717) is 5.96 Å². The minimum absolute atomic E-state index is 0.0601. The second-order valence-electron chi connectivity index (χ2n) is 3.21. The smallest absolute Gasteiger partial charge is 0.188 e. The van der Waals surface area contributed by atoms with Crippen molar-refractivity contribution in [1.82, 2.24) is 10.5 Å². The van der Waals surface area contributed by atoms with Crippen LogP contribution in [0.1, 0.15) is 30.0 Å². The zero-order valence-electron chi connectivity index (χ0n) is 8.96. The molecule has 1 rings (SSSR count). The lowest BCUT2D eigenvalue weighted by atomic mass is 10.1. The van der Waals surface area contributed by atoms with Crippen molar-refractivity contribution < 1.29 is 4.52 Å². The number of aliphatic imine (C=N–C) groups is 1. The van der Waals surface area contributed by atoms with Crippen LogP contribution in [0.4, 0.5) is 0 Å². The minimum Gasteiger partial charge on any atom is -0.370 e. The van der Waals surface area contributed by atoms with Crippen molar-refractivity contribution in [2.75, 3.05) is 7.05 Å². The number of guanidine groups is 1. The summed E-state index contributed by atoms with van der Waals surface area (Å²) in [5, 5.41) is 6.92. The SMILES string of the molecule is CN=C(N)NC(C)c1c(C)noc1C. The van der Waals surface area contributed by atoms with E-state index in [1.54, 1.807) is 7.05 Å². The Morgan fingerprint density at radius 1 is 1.57 bits per heavy atom. The predicted molar refractivity (Wildman–Crippen MR) is 55.1 cm³/mol. The van der Waals surface area contributed by atoms with Crippen molar-refractivity contribution in [3.8, 4) is 0 Å². The Morgan fingerprint density at radius 3 is 2.64 bits per heavy atom. The van der Waals surface area contributed by atoms with E-state index < -0.39 is 0 Å². The van der Waals surface area contributed by atoms with Crippen LogP contribution in [0.2, 0.25) is 0 Å². The fourth-order valence-corrected chi connectivity index (χ4v) is 1.47. The topological polar surface area (TPSA) is 76.4 Å². The van der Waals surface area contributed by atoms with E-state index >= 15 is 0 Å². The zero-order valence-corrected chi connectivity index (χ0v) is 8.96. The molecule has 0 spiro atoms. The summed E-state index contributed by atoms with van der Waals surface area (Å²) < 4.78 is 5.06. The highest BCUT2D eigenvalue weighted by atomic mass is 16.5. The largest absolute Gasteiger partial charge is 0.370 e. The van der Waals surface area contributed by atoms with Gasteiger partial charge in [0.15, 0.2) is 5.96 Å². The fraction of sp³-hybridized carbons (Fsp3) is 0.556. The molecular formula is C9H16N4O. The average Bonchev–Trinajstić information content (AvgIpc) is 2.46. The standard InChI is InChI=1S/C9H16N4O/c1-5(12-9(10)11-4)8-6(2)13-14-7(8)3/h5H,1-4H3,(H3,10,11,12). The van der Waals surface area contributed by atoms with E-state index in [1.807, 2.05) is 20.8 Å². The van der Waals surface area contributed by atoms with E-state index in [9.17, 15) is 0 Å². The van der Waals surface area contributed by atoms with Gasteiger partial charge >= 0.3 is 0 Å². The van der Waals surface area contributed by atoms with Gasteiger partial charge in [0.1, 0.15) is 5.76 Å². The first-order valence-corrected chi connectivity index (χ1v) is 4.47. The van der Waals surface area contributed by atoms with E-state index in [1.165, 1.54) is 0 Å². The first kappa shape index (κ1) is 10.6. The maximum Gasteiger partial charge on any atom is 0.188 e. The first-order chi connectivity index (χ1) is 6.56. The van der Waals surface area contributed by atoms with Gasteiger partial charge in [-0.2, -0.15) is 0 Å². The Kier molecular flexibility index (Phi) is 3.11. The van der Waals surface area contributed by atoms with Gasteiger partial charge in [-0.1, -0.05) is 5.16 Å². The van der Waals surface area contributed by atoms with Crippen LogP contribution in [0, 0.1) is 13.8 Å². The van der Waals surface area contributed by atoms with Gasteiger partial charge in [0.2, 0.25) is 0 Å². The third-order valence-electron chi connectivity index (χ3n) is 2.13. The highest BCUT2D eigenvalue weighted by molar-refractivity contribution is 5.78. The van der Waals surface area contributed by atoms with Gasteiger partial charge in [-0.15, -0.1) is 0 Å². The molecule has 1 atom stereocenters. The molecule has 5 nitrogen and oxygen atoms in total. The quantitative estimate of drug-likeness (QED) is 0.544. The molecule has 0 bridgehead atoms. The molecule has 0 radical (unpaired) electrons. The lowest BCUT2D eigenvalue weighted by Crippen LogP contribution is -2.33. The Bertz CT molecular complexity index is 323. The number of aryl methyl sites for hydroxylation is 2. The molecule has 0 aliphatic heterocycles. The maximum absolute atomic E-state index is 5.57. The number of nitrogens with two attached hydrogens (primary N) is 1. The number of nitrogens with zero attached hydrogens (tertiary/aromatic N) is 2. The van der Waals surface area contributed by atoms with Crippen LogP contribution in [0.25, 0.3) is 0 Å². The van der Waals surface area contributed by atoms with E-state index in [-0.39, 0.29) is 6.04 Å². The molecule has 0 fully saturated rings. The summed E-state index contributed by atoms with van der Waals surface area (Å²) in [5.74, 6) is 1.23. The van der Waals surface area contributed by atoms with Gasteiger partial charge in [-0.25, -0.2) is 0 Å². The van der Waals surface area contributed by atoms with Crippen molar-refractivity contribution >= 4 is 5.96 Å². The zero-order chi connectivity index (χ0) is 10.7. The van der Waals surface area contributed by atoms with Gasteiger partial charge in [0.05, 0.1) is 11.7 Å². The van der Waals surface area contributed by atoms with Gasteiger partial charge in [-0.05, 0) is 20.8 Å². The molecule has 5 heteroatoms. The molecule has 1 unspecified atom stereocenters. The molecule has 0 amide bonds. The van der Waals surface area contributed by atoms with Crippen molar-refractivity contribution in [2.45, 2.75) is 26.8 Å². The summed E-state index contributed by atoms with van der Waals surface area (Å²) in [5.41, 5.74) is 7.49. The molecule has 0 aliphatic carbocycles. The third kappa shape index (κ3) is 2.04. The molecule has 3 N–H and O–H groups in total. The van der Waals surface area contributed by atoms with Crippen LogP contribution in [0.5, 0.6) is 0 Å². The van der Waals surface area contributed by atoms with Crippen molar-refractivity contribution in [1.29, 1.82) is 0 Å². The van der Waals surface area contributed by atoms with Crippen LogP contribution in [0.15, 0.2) is 9.52 Å². The summed E-state index contributed by atoms with van der Waals surface area (Å²) in [6.07, 6.45) is 0. The first-order valence-electron chi connectivity index (χ1n) is 4.47. The van der Waals surface area contributed by atoms with Crippen LogP contribution in [-0.2, 0) is 0 Å². The van der Waals surface area contributed by atoms with Crippen molar-refractivity contribution in [3.05, 3.63) is 17.0 Å². The summed E-state index contributed by atoms with van der Waals surface area (Å²) in [7, 11) is 1.64. The second-order valence-corrected chi connectivity index (χ2v) is 3.21. The molecule has 0 aliphatic rings. The molecule has 1 aromatic heterocycles. The van der Waals surface area contributed by atoms with E-state index in [4.69, 9.17) is 10.3 Å². The molecule has 14 heavy (non-hydrogen) atoms. The lowest BCUT2D eigenvalue weighted by molar-refractivity contribution is 0.391. The van der Waals surface area contributed by atoms with Gasteiger partial charge < -0.3 is 15.6 Å². The average molecular weight is 196 g/mol. The summed E-state index contributed by atoms with van der Waals surface area (Å²) >= 11 is 0. The number of aromatic nitrogens is 1. The molecule has 0 saturated carbocycles. The van der Waals surface area contributed by atoms with Crippen LogP contribution < -0.4 is 11.1 Å².